The van der Waals surface area contributed by atoms with Crippen molar-refractivity contribution in [2.75, 3.05) is 0 Å². The van der Waals surface area contributed by atoms with E-state index in [-0.39, 0.29) is 23.9 Å². The number of hydrogen-bond donors (Lipinski definition) is 1. The Morgan fingerprint density at radius 3 is 2.22 bits per heavy atom. The molecule has 4 heteroatoms. The van der Waals surface area contributed by atoms with Gasteiger partial charge in [0.25, 0.3) is 0 Å². The van der Waals surface area contributed by atoms with Gasteiger partial charge in [-0.05, 0) is 33.1 Å². The fourth-order valence-corrected chi connectivity index (χ4v) is 2.68. The normalized spacial score (nSPS) is 23.4. The number of nitrogens with zero attached hydrogens (tertiary/aromatic N) is 1. The summed E-state index contributed by atoms with van der Waals surface area (Å²) in [5.74, 6) is 0.0441. The zero-order chi connectivity index (χ0) is 13.9. The Balaban J connectivity index is 3.08. The zero-order valence-corrected chi connectivity index (χ0v) is 12.2. The average molecular weight is 254 g/mol. The summed E-state index contributed by atoms with van der Waals surface area (Å²) in [6.45, 7) is 9.76. The summed E-state index contributed by atoms with van der Waals surface area (Å²) in [5, 5.41) is 2.84. The van der Waals surface area contributed by atoms with Crippen molar-refractivity contribution in [2.24, 2.45) is 0 Å². The molecule has 1 rings (SSSR count). The van der Waals surface area contributed by atoms with Gasteiger partial charge in [0.2, 0.25) is 11.8 Å². The summed E-state index contributed by atoms with van der Waals surface area (Å²) in [6.07, 6.45) is 3.43. The molecule has 1 atom stereocenters. The second-order valence-electron chi connectivity index (χ2n) is 5.60. The molecule has 2 amide bonds. The van der Waals surface area contributed by atoms with Gasteiger partial charge >= 0.3 is 0 Å². The van der Waals surface area contributed by atoms with Gasteiger partial charge in [0.05, 0.1) is 0 Å². The van der Waals surface area contributed by atoms with Gasteiger partial charge in [-0.2, -0.15) is 0 Å². The van der Waals surface area contributed by atoms with Crippen molar-refractivity contribution in [3.05, 3.63) is 0 Å². The molecule has 1 aliphatic heterocycles. The molecule has 1 heterocycles. The van der Waals surface area contributed by atoms with Crippen LogP contribution in [0.5, 0.6) is 0 Å². The Morgan fingerprint density at radius 2 is 1.78 bits per heavy atom. The Hall–Kier alpha value is -1.06. The van der Waals surface area contributed by atoms with Crippen molar-refractivity contribution in [1.82, 2.24) is 10.2 Å². The van der Waals surface area contributed by atoms with E-state index >= 15 is 0 Å². The third kappa shape index (κ3) is 2.68. The molecule has 0 aromatic rings. The molecule has 1 aliphatic rings. The zero-order valence-electron chi connectivity index (χ0n) is 12.2. The summed E-state index contributed by atoms with van der Waals surface area (Å²) in [6, 6.07) is -0.125. The van der Waals surface area contributed by atoms with E-state index in [1.165, 1.54) is 0 Å². The molecule has 0 aliphatic carbocycles. The van der Waals surface area contributed by atoms with Gasteiger partial charge in [-0.15, -0.1) is 0 Å². The lowest BCUT2D eigenvalue weighted by Gasteiger charge is -2.46. The minimum absolute atomic E-state index is 0.00616. The highest BCUT2D eigenvalue weighted by Crippen LogP contribution is 2.25. The minimum atomic E-state index is -0.774. The molecule has 0 radical (unpaired) electrons. The second-order valence-corrected chi connectivity index (χ2v) is 5.60. The predicted molar refractivity (Wildman–Crippen MR) is 72.1 cm³/mol. The van der Waals surface area contributed by atoms with E-state index in [0.29, 0.717) is 0 Å². The highest BCUT2D eigenvalue weighted by atomic mass is 16.2. The number of piperazine rings is 1. The highest BCUT2D eigenvalue weighted by molar-refractivity contribution is 5.99. The summed E-state index contributed by atoms with van der Waals surface area (Å²) in [5.41, 5.74) is -0.774. The lowest BCUT2D eigenvalue weighted by atomic mass is 9.92. The fraction of sp³-hybridized carbons (Fsp3) is 0.857. The van der Waals surface area contributed by atoms with Crippen LogP contribution in [-0.2, 0) is 9.59 Å². The molecule has 0 aromatic heterocycles. The van der Waals surface area contributed by atoms with Crippen LogP contribution in [0.4, 0.5) is 0 Å². The second kappa shape index (κ2) is 5.72. The molecule has 4 nitrogen and oxygen atoms in total. The summed E-state index contributed by atoms with van der Waals surface area (Å²) in [4.78, 5) is 26.6. The maximum atomic E-state index is 12.5. The van der Waals surface area contributed by atoms with Crippen molar-refractivity contribution in [2.45, 2.75) is 77.9 Å². The van der Waals surface area contributed by atoms with Gasteiger partial charge in [-0.3, -0.25) is 9.59 Å². The lowest BCUT2D eigenvalue weighted by Crippen LogP contribution is -2.69. The third-order valence-corrected chi connectivity index (χ3v) is 3.74. The molecule has 0 aromatic carbocycles. The molecule has 1 N–H and O–H groups in total. The quantitative estimate of drug-likeness (QED) is 0.816. The van der Waals surface area contributed by atoms with Gasteiger partial charge in [-0.25, -0.2) is 0 Å². The molecule has 0 bridgehead atoms. The molecule has 1 saturated heterocycles. The number of hydrogen-bond acceptors (Lipinski definition) is 2. The van der Waals surface area contributed by atoms with Gasteiger partial charge < -0.3 is 10.2 Å². The minimum Gasteiger partial charge on any atom is -0.340 e. The van der Waals surface area contributed by atoms with Crippen LogP contribution >= 0.6 is 0 Å². The van der Waals surface area contributed by atoms with E-state index < -0.39 is 5.54 Å². The highest BCUT2D eigenvalue weighted by Gasteiger charge is 2.46. The van der Waals surface area contributed by atoms with Crippen molar-refractivity contribution >= 4 is 11.8 Å². The van der Waals surface area contributed by atoms with E-state index in [1.54, 1.807) is 13.8 Å². The number of amides is 2. The number of nitrogens with one attached hydrogen (secondary N) is 1. The first-order chi connectivity index (χ1) is 8.38. The largest absolute Gasteiger partial charge is 0.340 e. The summed E-state index contributed by atoms with van der Waals surface area (Å²) < 4.78 is 0. The van der Waals surface area contributed by atoms with Crippen LogP contribution < -0.4 is 5.32 Å². The van der Waals surface area contributed by atoms with Crippen LogP contribution in [0.3, 0.4) is 0 Å². The standard InChI is InChI=1S/C14H26N2O2/c1-6-9-11-12(17)15-14(4,5)13(18)16(11)10(7-2)8-3/h10-11H,6-9H2,1-5H3,(H,15,17). The van der Waals surface area contributed by atoms with Crippen LogP contribution in [0.25, 0.3) is 0 Å². The van der Waals surface area contributed by atoms with Gasteiger partial charge in [0.15, 0.2) is 0 Å². The van der Waals surface area contributed by atoms with E-state index in [9.17, 15) is 9.59 Å². The molecular formula is C14H26N2O2. The maximum Gasteiger partial charge on any atom is 0.248 e. The van der Waals surface area contributed by atoms with Crippen molar-refractivity contribution in [1.29, 1.82) is 0 Å². The Labute approximate surface area is 110 Å². The number of rotatable bonds is 5. The molecule has 0 spiro atoms. The molecule has 1 unspecified atom stereocenters. The first kappa shape index (κ1) is 15.0. The Kier molecular flexibility index (Phi) is 4.77. The molecule has 18 heavy (non-hydrogen) atoms. The predicted octanol–water partition coefficient (Wildman–Crippen LogP) is 2.08. The van der Waals surface area contributed by atoms with E-state index in [4.69, 9.17) is 0 Å². The van der Waals surface area contributed by atoms with Crippen molar-refractivity contribution in [3.8, 4) is 0 Å². The molecule has 1 fully saturated rings. The van der Waals surface area contributed by atoms with Crippen LogP contribution in [0.2, 0.25) is 0 Å². The molecule has 0 saturated carbocycles. The fourth-order valence-electron chi connectivity index (χ4n) is 2.68. The van der Waals surface area contributed by atoms with Crippen LogP contribution in [-0.4, -0.2) is 34.3 Å². The number of carbonyl (C=O) groups is 2. The summed E-state index contributed by atoms with van der Waals surface area (Å²) in [7, 11) is 0. The maximum absolute atomic E-state index is 12.5. The van der Waals surface area contributed by atoms with E-state index in [0.717, 1.165) is 25.7 Å². The molecule has 104 valence electrons. The van der Waals surface area contributed by atoms with Crippen molar-refractivity contribution in [3.63, 3.8) is 0 Å². The SMILES string of the molecule is CCCC1C(=O)NC(C)(C)C(=O)N1C(CC)CC. The van der Waals surface area contributed by atoms with Crippen molar-refractivity contribution < 1.29 is 9.59 Å². The van der Waals surface area contributed by atoms with Gasteiger partial charge in [0.1, 0.15) is 11.6 Å². The Bertz CT molecular complexity index is 322. The Morgan fingerprint density at radius 1 is 1.22 bits per heavy atom. The summed E-state index contributed by atoms with van der Waals surface area (Å²) >= 11 is 0. The van der Waals surface area contributed by atoms with Crippen LogP contribution in [0.15, 0.2) is 0 Å². The topological polar surface area (TPSA) is 49.4 Å². The first-order valence-corrected chi connectivity index (χ1v) is 7.03. The van der Waals surface area contributed by atoms with Crippen LogP contribution in [0.1, 0.15) is 60.3 Å². The van der Waals surface area contributed by atoms with E-state index in [2.05, 4.69) is 19.2 Å². The van der Waals surface area contributed by atoms with Gasteiger partial charge in [0, 0.05) is 6.04 Å². The van der Waals surface area contributed by atoms with E-state index in [1.807, 2.05) is 11.8 Å². The smallest absolute Gasteiger partial charge is 0.248 e. The van der Waals surface area contributed by atoms with Gasteiger partial charge in [-0.1, -0.05) is 27.2 Å². The average Bonchev–Trinajstić information content (AvgIpc) is 2.30. The lowest BCUT2D eigenvalue weighted by molar-refractivity contribution is -0.157. The monoisotopic (exact) mass is 254 g/mol. The molecular weight excluding hydrogens is 228 g/mol. The van der Waals surface area contributed by atoms with Crippen LogP contribution in [0, 0.1) is 0 Å². The third-order valence-electron chi connectivity index (χ3n) is 3.74. The first-order valence-electron chi connectivity index (χ1n) is 7.03. The number of carbonyl (C=O) groups excluding carboxylic acids is 2.